The molecule has 2 aromatic rings. The standard InChI is InChI=1S/C18H25N3O3/c1-4-5-11-24-16-8-7-15(12-17(16)23-3)13-19-18(22)14(2)21-10-6-9-20-21/h6-10,12,14H,4-5,11,13H2,1-3H3,(H,19,22). The van der Waals surface area contributed by atoms with Crippen LogP contribution in [0.1, 0.15) is 38.3 Å². The van der Waals surface area contributed by atoms with Crippen molar-refractivity contribution in [3.8, 4) is 11.5 Å². The van der Waals surface area contributed by atoms with E-state index in [2.05, 4.69) is 17.3 Å². The number of carbonyl (C=O) groups is 1. The van der Waals surface area contributed by atoms with Crippen LogP contribution in [0.15, 0.2) is 36.7 Å². The first-order valence-electron chi connectivity index (χ1n) is 8.22. The lowest BCUT2D eigenvalue weighted by Gasteiger charge is -2.14. The maximum absolute atomic E-state index is 12.2. The molecule has 0 bridgehead atoms. The minimum atomic E-state index is -0.349. The molecule has 6 heteroatoms. The maximum Gasteiger partial charge on any atom is 0.244 e. The second-order valence-electron chi connectivity index (χ2n) is 5.57. The van der Waals surface area contributed by atoms with Crippen LogP contribution in [0.4, 0.5) is 0 Å². The number of carbonyl (C=O) groups excluding carboxylic acids is 1. The Hall–Kier alpha value is -2.50. The third-order valence-electron chi connectivity index (χ3n) is 3.75. The molecule has 2 rings (SSSR count). The van der Waals surface area contributed by atoms with Gasteiger partial charge in [0, 0.05) is 18.9 Å². The molecule has 1 heterocycles. The number of hydrogen-bond donors (Lipinski definition) is 1. The van der Waals surface area contributed by atoms with E-state index in [1.807, 2.05) is 25.1 Å². The molecular weight excluding hydrogens is 306 g/mol. The number of amides is 1. The molecular formula is C18H25N3O3. The van der Waals surface area contributed by atoms with Crippen LogP contribution >= 0.6 is 0 Å². The van der Waals surface area contributed by atoms with Gasteiger partial charge in [0.25, 0.3) is 0 Å². The molecule has 1 atom stereocenters. The van der Waals surface area contributed by atoms with Gasteiger partial charge >= 0.3 is 0 Å². The average Bonchev–Trinajstić information content (AvgIpc) is 3.14. The van der Waals surface area contributed by atoms with Crippen molar-refractivity contribution in [1.29, 1.82) is 0 Å². The molecule has 1 aromatic carbocycles. The molecule has 0 saturated carbocycles. The van der Waals surface area contributed by atoms with E-state index >= 15 is 0 Å². The van der Waals surface area contributed by atoms with Gasteiger partial charge in [0.15, 0.2) is 11.5 Å². The molecule has 24 heavy (non-hydrogen) atoms. The lowest BCUT2D eigenvalue weighted by molar-refractivity contribution is -0.124. The maximum atomic E-state index is 12.2. The summed E-state index contributed by atoms with van der Waals surface area (Å²) in [6, 6.07) is 7.15. The minimum Gasteiger partial charge on any atom is -0.493 e. The van der Waals surface area contributed by atoms with Gasteiger partial charge in [-0.25, -0.2) is 0 Å². The number of hydrogen-bond acceptors (Lipinski definition) is 4. The highest BCUT2D eigenvalue weighted by Gasteiger charge is 2.14. The molecule has 1 N–H and O–H groups in total. The van der Waals surface area contributed by atoms with Gasteiger partial charge in [-0.15, -0.1) is 0 Å². The van der Waals surface area contributed by atoms with Crippen molar-refractivity contribution < 1.29 is 14.3 Å². The summed E-state index contributed by atoms with van der Waals surface area (Å²) in [5, 5.41) is 7.00. The smallest absolute Gasteiger partial charge is 0.244 e. The molecule has 1 amide bonds. The van der Waals surface area contributed by atoms with Crippen LogP contribution in [0.25, 0.3) is 0 Å². The van der Waals surface area contributed by atoms with Gasteiger partial charge in [0.1, 0.15) is 6.04 Å². The fraction of sp³-hybridized carbons (Fsp3) is 0.444. The molecule has 0 fully saturated rings. The van der Waals surface area contributed by atoms with Crippen LogP contribution in [-0.4, -0.2) is 29.4 Å². The predicted molar refractivity (Wildman–Crippen MR) is 92.2 cm³/mol. The van der Waals surface area contributed by atoms with Crippen LogP contribution < -0.4 is 14.8 Å². The SMILES string of the molecule is CCCCOc1ccc(CNC(=O)C(C)n2cccn2)cc1OC. The second-order valence-corrected chi connectivity index (χ2v) is 5.57. The summed E-state index contributed by atoms with van der Waals surface area (Å²) < 4.78 is 12.7. The van der Waals surface area contributed by atoms with Crippen LogP contribution in [0.5, 0.6) is 11.5 Å². The van der Waals surface area contributed by atoms with Crippen molar-refractivity contribution in [2.45, 2.75) is 39.3 Å². The third-order valence-corrected chi connectivity index (χ3v) is 3.75. The Labute approximate surface area is 142 Å². The van der Waals surface area contributed by atoms with E-state index in [9.17, 15) is 4.79 Å². The van der Waals surface area contributed by atoms with Crippen LogP contribution in [0.2, 0.25) is 0 Å². The number of methoxy groups -OCH3 is 1. The van der Waals surface area contributed by atoms with Gasteiger partial charge in [0.05, 0.1) is 13.7 Å². The highest BCUT2D eigenvalue weighted by atomic mass is 16.5. The lowest BCUT2D eigenvalue weighted by Crippen LogP contribution is -2.30. The van der Waals surface area contributed by atoms with Crippen molar-refractivity contribution in [1.82, 2.24) is 15.1 Å². The Balaban J connectivity index is 1.93. The number of nitrogens with one attached hydrogen (secondary N) is 1. The quantitative estimate of drug-likeness (QED) is 0.718. The number of rotatable bonds is 9. The van der Waals surface area contributed by atoms with E-state index in [-0.39, 0.29) is 11.9 Å². The van der Waals surface area contributed by atoms with Gasteiger partial charge in [-0.2, -0.15) is 5.10 Å². The van der Waals surface area contributed by atoms with Crippen molar-refractivity contribution in [2.75, 3.05) is 13.7 Å². The van der Waals surface area contributed by atoms with Gasteiger partial charge in [-0.3, -0.25) is 9.48 Å². The zero-order valence-electron chi connectivity index (χ0n) is 14.5. The Morgan fingerprint density at radius 1 is 1.38 bits per heavy atom. The summed E-state index contributed by atoms with van der Waals surface area (Å²) in [5.41, 5.74) is 0.954. The molecule has 0 radical (unpaired) electrons. The molecule has 0 saturated heterocycles. The molecule has 0 aliphatic rings. The van der Waals surface area contributed by atoms with E-state index in [1.165, 1.54) is 0 Å². The molecule has 0 aliphatic carbocycles. The van der Waals surface area contributed by atoms with Gasteiger partial charge < -0.3 is 14.8 Å². The Morgan fingerprint density at radius 2 is 2.21 bits per heavy atom. The van der Waals surface area contributed by atoms with Crippen molar-refractivity contribution >= 4 is 5.91 Å². The third kappa shape index (κ3) is 4.75. The Kier molecular flexibility index (Phi) is 6.66. The van der Waals surface area contributed by atoms with Crippen molar-refractivity contribution in [3.05, 3.63) is 42.2 Å². The van der Waals surface area contributed by atoms with E-state index in [0.717, 1.165) is 24.2 Å². The summed E-state index contributed by atoms with van der Waals surface area (Å²) in [6.07, 6.45) is 5.52. The summed E-state index contributed by atoms with van der Waals surface area (Å²) in [7, 11) is 1.62. The lowest BCUT2D eigenvalue weighted by atomic mass is 10.2. The first-order valence-corrected chi connectivity index (χ1v) is 8.22. The van der Waals surface area contributed by atoms with E-state index in [1.54, 1.807) is 30.3 Å². The number of nitrogens with zero attached hydrogens (tertiary/aromatic N) is 2. The van der Waals surface area contributed by atoms with Gasteiger partial charge in [-0.05, 0) is 37.1 Å². The zero-order valence-corrected chi connectivity index (χ0v) is 14.5. The predicted octanol–water partition coefficient (Wildman–Crippen LogP) is 2.95. The second kappa shape index (κ2) is 8.96. The van der Waals surface area contributed by atoms with E-state index in [0.29, 0.717) is 18.9 Å². The molecule has 1 unspecified atom stereocenters. The molecule has 0 spiro atoms. The number of ether oxygens (including phenoxy) is 2. The fourth-order valence-corrected chi connectivity index (χ4v) is 2.23. The topological polar surface area (TPSA) is 65.4 Å². The summed E-state index contributed by atoms with van der Waals surface area (Å²) in [5.74, 6) is 1.32. The van der Waals surface area contributed by atoms with Crippen molar-refractivity contribution in [2.24, 2.45) is 0 Å². The highest BCUT2D eigenvalue weighted by Crippen LogP contribution is 2.28. The first kappa shape index (κ1) is 17.8. The molecule has 6 nitrogen and oxygen atoms in total. The van der Waals surface area contributed by atoms with Gasteiger partial charge in [-0.1, -0.05) is 19.4 Å². The average molecular weight is 331 g/mol. The van der Waals surface area contributed by atoms with E-state index < -0.39 is 0 Å². The minimum absolute atomic E-state index is 0.0825. The number of benzene rings is 1. The highest BCUT2D eigenvalue weighted by molar-refractivity contribution is 5.79. The Morgan fingerprint density at radius 3 is 2.88 bits per heavy atom. The van der Waals surface area contributed by atoms with Gasteiger partial charge in [0.2, 0.25) is 5.91 Å². The van der Waals surface area contributed by atoms with Crippen LogP contribution in [0.3, 0.4) is 0 Å². The summed E-state index contributed by atoms with van der Waals surface area (Å²) in [4.78, 5) is 12.2. The largest absolute Gasteiger partial charge is 0.493 e. The van der Waals surface area contributed by atoms with E-state index in [4.69, 9.17) is 9.47 Å². The summed E-state index contributed by atoms with van der Waals surface area (Å²) >= 11 is 0. The van der Waals surface area contributed by atoms with Crippen molar-refractivity contribution in [3.63, 3.8) is 0 Å². The number of aromatic nitrogens is 2. The Bertz CT molecular complexity index is 641. The molecule has 0 aliphatic heterocycles. The zero-order chi connectivity index (χ0) is 17.4. The number of unbranched alkanes of at least 4 members (excludes halogenated alkanes) is 1. The molecule has 1 aromatic heterocycles. The fourth-order valence-electron chi connectivity index (χ4n) is 2.23. The monoisotopic (exact) mass is 331 g/mol. The van der Waals surface area contributed by atoms with Crippen LogP contribution in [0, 0.1) is 0 Å². The molecule has 130 valence electrons. The van der Waals surface area contributed by atoms with Crippen LogP contribution in [-0.2, 0) is 11.3 Å². The normalized spacial score (nSPS) is 11.8. The summed E-state index contributed by atoms with van der Waals surface area (Å²) in [6.45, 7) is 5.03. The first-order chi connectivity index (χ1) is 11.7.